The Bertz CT molecular complexity index is 883. The fraction of sp³-hybridized carbons (Fsp3) is 0.500. The van der Waals surface area contributed by atoms with Crippen molar-refractivity contribution in [2.45, 2.75) is 51.6 Å². The van der Waals surface area contributed by atoms with Crippen LogP contribution in [-0.4, -0.2) is 36.5 Å². The average Bonchev–Trinajstić information content (AvgIpc) is 3.44. The molecule has 1 N–H and O–H groups in total. The minimum atomic E-state index is -0.275. The van der Waals surface area contributed by atoms with Crippen LogP contribution in [0.2, 0.25) is 0 Å². The highest BCUT2D eigenvalue weighted by molar-refractivity contribution is 5.76. The van der Waals surface area contributed by atoms with Crippen LogP contribution in [0.4, 0.5) is 15.9 Å². The van der Waals surface area contributed by atoms with E-state index in [4.69, 9.17) is 4.74 Å². The first-order valence-corrected chi connectivity index (χ1v) is 10.9. The minimum absolute atomic E-state index is 0.0148. The van der Waals surface area contributed by atoms with Crippen molar-refractivity contribution < 1.29 is 13.9 Å². The lowest BCUT2D eigenvalue weighted by atomic mass is 9.96. The fourth-order valence-electron chi connectivity index (χ4n) is 4.02. The van der Waals surface area contributed by atoms with E-state index in [2.05, 4.69) is 17.2 Å². The van der Waals surface area contributed by atoms with Crippen LogP contribution in [0.15, 0.2) is 36.5 Å². The number of ether oxygens (including phenoxy) is 1. The zero-order valence-corrected chi connectivity index (χ0v) is 17.7. The van der Waals surface area contributed by atoms with Crippen LogP contribution in [0.5, 0.6) is 5.75 Å². The van der Waals surface area contributed by atoms with Crippen LogP contribution >= 0.6 is 0 Å². The maximum absolute atomic E-state index is 14.9. The highest BCUT2D eigenvalue weighted by Crippen LogP contribution is 2.32. The lowest BCUT2D eigenvalue weighted by Crippen LogP contribution is -2.25. The molecule has 5 nitrogen and oxygen atoms in total. The number of halogens is 1. The SMILES string of the molecule is CC(=O)C[C@@H](C)c1ccc(O[C@@H]2CCN(c3ccnc(NCC4CC4)c3F)C2)cc1. The molecule has 1 aliphatic heterocycles. The van der Waals surface area contributed by atoms with Gasteiger partial charge in [-0.15, -0.1) is 0 Å². The number of pyridine rings is 1. The summed E-state index contributed by atoms with van der Waals surface area (Å²) in [6, 6.07) is 9.71. The second-order valence-corrected chi connectivity index (χ2v) is 8.67. The van der Waals surface area contributed by atoms with Gasteiger partial charge in [-0.25, -0.2) is 9.37 Å². The highest BCUT2D eigenvalue weighted by Gasteiger charge is 2.28. The molecule has 1 saturated carbocycles. The standard InChI is InChI=1S/C24H30FN3O2/c1-16(13-17(2)29)19-5-7-20(8-6-19)30-21-10-12-28(15-21)22-9-11-26-24(23(22)25)27-14-18-3-4-18/h5-9,11,16,18,21H,3-4,10,12-15H2,1-2H3,(H,26,27)/t16-,21-/m1/s1. The summed E-state index contributed by atoms with van der Waals surface area (Å²) in [4.78, 5) is 17.5. The number of benzene rings is 1. The Kier molecular flexibility index (Phi) is 6.21. The van der Waals surface area contributed by atoms with Crippen LogP contribution in [-0.2, 0) is 4.79 Å². The number of nitrogens with zero attached hydrogens (tertiary/aromatic N) is 2. The molecule has 1 aromatic heterocycles. The van der Waals surface area contributed by atoms with Gasteiger partial charge in [0.15, 0.2) is 11.6 Å². The van der Waals surface area contributed by atoms with Gasteiger partial charge in [-0.05, 0) is 55.4 Å². The molecule has 1 aromatic carbocycles. The van der Waals surface area contributed by atoms with Gasteiger partial charge in [0, 0.05) is 32.1 Å². The lowest BCUT2D eigenvalue weighted by Gasteiger charge is -2.21. The Morgan fingerprint density at radius 2 is 2.03 bits per heavy atom. The first-order valence-electron chi connectivity index (χ1n) is 10.9. The smallest absolute Gasteiger partial charge is 0.188 e. The Hall–Kier alpha value is -2.63. The second-order valence-electron chi connectivity index (χ2n) is 8.67. The van der Waals surface area contributed by atoms with Crippen molar-refractivity contribution in [1.29, 1.82) is 0 Å². The van der Waals surface area contributed by atoms with Crippen molar-refractivity contribution >= 4 is 17.3 Å². The summed E-state index contributed by atoms with van der Waals surface area (Å²) in [6.07, 6.45) is 5.51. The predicted octanol–water partition coefficient (Wildman–Crippen LogP) is 4.78. The molecular formula is C24H30FN3O2. The summed E-state index contributed by atoms with van der Waals surface area (Å²) in [5.74, 6) is 1.94. The maximum atomic E-state index is 14.9. The number of ketones is 1. The van der Waals surface area contributed by atoms with Gasteiger partial charge in [0.25, 0.3) is 0 Å². The van der Waals surface area contributed by atoms with Gasteiger partial charge in [0.1, 0.15) is 17.6 Å². The van der Waals surface area contributed by atoms with E-state index in [1.54, 1.807) is 19.2 Å². The van der Waals surface area contributed by atoms with Gasteiger partial charge in [-0.3, -0.25) is 0 Å². The van der Waals surface area contributed by atoms with Crippen molar-refractivity contribution in [3.05, 3.63) is 47.9 Å². The summed E-state index contributed by atoms with van der Waals surface area (Å²) >= 11 is 0. The van der Waals surface area contributed by atoms with Gasteiger partial charge in [0.05, 0.1) is 12.2 Å². The average molecular weight is 412 g/mol. The van der Waals surface area contributed by atoms with Crippen LogP contribution in [0.3, 0.4) is 0 Å². The van der Waals surface area contributed by atoms with Crippen molar-refractivity contribution in [2.75, 3.05) is 29.9 Å². The molecule has 1 saturated heterocycles. The van der Waals surface area contributed by atoms with E-state index in [1.165, 1.54) is 12.8 Å². The summed E-state index contributed by atoms with van der Waals surface area (Å²) in [5, 5.41) is 3.15. The lowest BCUT2D eigenvalue weighted by molar-refractivity contribution is -0.117. The summed E-state index contributed by atoms with van der Waals surface area (Å²) < 4.78 is 21.1. The van der Waals surface area contributed by atoms with Crippen molar-refractivity contribution in [2.24, 2.45) is 5.92 Å². The Morgan fingerprint density at radius 1 is 1.27 bits per heavy atom. The number of carbonyl (C=O) groups is 1. The molecule has 2 aliphatic rings. The molecular weight excluding hydrogens is 381 g/mol. The third-order valence-electron chi connectivity index (χ3n) is 5.96. The molecule has 2 heterocycles. The largest absolute Gasteiger partial charge is 0.489 e. The normalized spacial score (nSPS) is 19.6. The van der Waals surface area contributed by atoms with Crippen molar-refractivity contribution in [3.63, 3.8) is 0 Å². The minimum Gasteiger partial charge on any atom is -0.489 e. The van der Waals surface area contributed by atoms with E-state index in [-0.39, 0.29) is 23.6 Å². The van der Waals surface area contributed by atoms with Gasteiger partial charge >= 0.3 is 0 Å². The molecule has 0 spiro atoms. The number of hydrogen-bond donors (Lipinski definition) is 1. The molecule has 4 rings (SSSR count). The van der Waals surface area contributed by atoms with Crippen LogP contribution in [0.1, 0.15) is 51.0 Å². The molecule has 2 atom stereocenters. The molecule has 0 radical (unpaired) electrons. The molecule has 1 aliphatic carbocycles. The zero-order chi connectivity index (χ0) is 21.1. The van der Waals surface area contributed by atoms with Gasteiger partial charge in [0.2, 0.25) is 0 Å². The monoisotopic (exact) mass is 411 g/mol. The fourth-order valence-corrected chi connectivity index (χ4v) is 4.02. The molecule has 2 aromatic rings. The second kappa shape index (κ2) is 9.02. The van der Waals surface area contributed by atoms with E-state index in [0.29, 0.717) is 30.4 Å². The summed E-state index contributed by atoms with van der Waals surface area (Å²) in [7, 11) is 0. The Balaban J connectivity index is 1.34. The van der Waals surface area contributed by atoms with Gasteiger partial charge < -0.3 is 19.7 Å². The van der Waals surface area contributed by atoms with Crippen molar-refractivity contribution in [1.82, 2.24) is 4.98 Å². The number of Topliss-reactive ketones (excluding diaryl/α,β-unsaturated/α-hetero) is 1. The first-order chi connectivity index (χ1) is 14.5. The predicted molar refractivity (Wildman–Crippen MR) is 117 cm³/mol. The molecule has 160 valence electrons. The van der Waals surface area contributed by atoms with E-state index < -0.39 is 0 Å². The van der Waals surface area contributed by atoms with Gasteiger partial charge in [-0.1, -0.05) is 19.1 Å². The van der Waals surface area contributed by atoms with Gasteiger partial charge in [-0.2, -0.15) is 0 Å². The Labute approximate surface area is 177 Å². The Morgan fingerprint density at radius 3 is 2.73 bits per heavy atom. The van der Waals surface area contributed by atoms with Crippen LogP contribution < -0.4 is 15.0 Å². The number of rotatable bonds is 9. The maximum Gasteiger partial charge on any atom is 0.188 e. The van der Waals surface area contributed by atoms with Crippen LogP contribution in [0, 0.1) is 11.7 Å². The van der Waals surface area contributed by atoms with E-state index in [9.17, 15) is 9.18 Å². The van der Waals surface area contributed by atoms with Crippen LogP contribution in [0.25, 0.3) is 0 Å². The molecule has 6 heteroatoms. The van der Waals surface area contributed by atoms with E-state index >= 15 is 0 Å². The summed E-state index contributed by atoms with van der Waals surface area (Å²) in [5.41, 5.74) is 1.72. The van der Waals surface area contributed by atoms with Crippen molar-refractivity contribution in [3.8, 4) is 5.75 Å². The summed E-state index contributed by atoms with van der Waals surface area (Å²) in [6.45, 7) is 5.87. The molecule has 30 heavy (non-hydrogen) atoms. The molecule has 0 unspecified atom stereocenters. The third kappa shape index (κ3) is 5.10. The molecule has 0 amide bonds. The first kappa shape index (κ1) is 20.6. The molecule has 2 fully saturated rings. The van der Waals surface area contributed by atoms with E-state index in [1.807, 2.05) is 29.2 Å². The highest BCUT2D eigenvalue weighted by atomic mass is 19.1. The topological polar surface area (TPSA) is 54.5 Å². The molecule has 0 bridgehead atoms. The zero-order valence-electron chi connectivity index (χ0n) is 17.7. The number of carbonyl (C=O) groups excluding carboxylic acids is 1. The number of anilines is 2. The third-order valence-corrected chi connectivity index (χ3v) is 5.96. The number of hydrogen-bond acceptors (Lipinski definition) is 5. The number of aromatic nitrogens is 1. The number of nitrogens with one attached hydrogen (secondary N) is 1. The quantitative estimate of drug-likeness (QED) is 0.643. The van der Waals surface area contributed by atoms with E-state index in [0.717, 1.165) is 30.8 Å².